The van der Waals surface area contributed by atoms with E-state index in [1.807, 2.05) is 6.92 Å². The van der Waals surface area contributed by atoms with Crippen LogP contribution in [-0.4, -0.2) is 38.0 Å². The molecular formula is C17H27F2N3O2S. The first-order chi connectivity index (χ1) is 11.5. The summed E-state index contributed by atoms with van der Waals surface area (Å²) in [5, 5.41) is 6.07. The molecule has 0 saturated carbocycles. The number of hydrogen-bond donors (Lipinski definition) is 2. The second-order valence-corrected chi connectivity index (χ2v) is 9.59. The minimum Gasteiger partial charge on any atom is -0.357 e. The summed E-state index contributed by atoms with van der Waals surface area (Å²) in [6.45, 7) is 9.32. The second kappa shape index (κ2) is 8.60. The van der Waals surface area contributed by atoms with Crippen LogP contribution in [0.3, 0.4) is 0 Å². The zero-order valence-electron chi connectivity index (χ0n) is 15.4. The Balaban J connectivity index is 2.80. The summed E-state index contributed by atoms with van der Waals surface area (Å²) in [5.41, 5.74) is 0.562. The fourth-order valence-corrected chi connectivity index (χ4v) is 2.92. The molecule has 1 rings (SSSR count). The molecule has 2 N–H and O–H groups in total. The molecule has 8 heteroatoms. The highest BCUT2D eigenvalue weighted by Crippen LogP contribution is 2.17. The van der Waals surface area contributed by atoms with Crippen LogP contribution in [-0.2, 0) is 9.84 Å². The molecule has 1 aromatic carbocycles. The monoisotopic (exact) mass is 375 g/mol. The molecule has 5 nitrogen and oxygen atoms in total. The lowest BCUT2D eigenvalue weighted by molar-refractivity contribution is 0.504. The van der Waals surface area contributed by atoms with Crippen LogP contribution in [0.2, 0.25) is 0 Å². The highest BCUT2D eigenvalue weighted by atomic mass is 32.2. The molecule has 0 aliphatic heterocycles. The fraction of sp³-hybridized carbons (Fsp3) is 0.588. The van der Waals surface area contributed by atoms with Gasteiger partial charge in [-0.2, -0.15) is 0 Å². The molecule has 0 heterocycles. The molecule has 0 aromatic heterocycles. The van der Waals surface area contributed by atoms with Gasteiger partial charge < -0.3 is 10.6 Å². The van der Waals surface area contributed by atoms with Crippen molar-refractivity contribution in [3.63, 3.8) is 0 Å². The summed E-state index contributed by atoms with van der Waals surface area (Å²) in [6.07, 6.45) is 0. The van der Waals surface area contributed by atoms with Crippen molar-refractivity contribution in [2.75, 3.05) is 18.8 Å². The number of guanidine groups is 1. The lowest BCUT2D eigenvalue weighted by Crippen LogP contribution is -2.39. The molecule has 0 saturated heterocycles. The molecule has 0 radical (unpaired) electrons. The first-order valence-electron chi connectivity index (χ1n) is 8.20. The Hall–Kier alpha value is -1.70. The van der Waals surface area contributed by atoms with E-state index in [-0.39, 0.29) is 18.3 Å². The molecular weight excluding hydrogens is 348 g/mol. The van der Waals surface area contributed by atoms with Crippen LogP contribution in [0.4, 0.5) is 8.78 Å². The number of hydrogen-bond acceptors (Lipinski definition) is 3. The average molecular weight is 375 g/mol. The van der Waals surface area contributed by atoms with Gasteiger partial charge >= 0.3 is 0 Å². The topological polar surface area (TPSA) is 70.6 Å². The third-order valence-corrected chi connectivity index (χ3v) is 6.29. The lowest BCUT2D eigenvalue weighted by atomic mass is 10.1. The SMILES string of the molecule is CCNC(=NCCS(=O)(=O)C(C)(C)C)NC(C)c1ccc(F)c(F)c1. The average Bonchev–Trinajstić information content (AvgIpc) is 2.48. The summed E-state index contributed by atoms with van der Waals surface area (Å²) in [7, 11) is -3.25. The number of halogens is 2. The molecule has 0 fully saturated rings. The van der Waals surface area contributed by atoms with Gasteiger partial charge in [-0.3, -0.25) is 4.99 Å². The standard InChI is InChI=1S/C17H27F2N3O2S/c1-6-20-16(21-9-10-25(23,24)17(3,4)5)22-12(2)13-7-8-14(18)15(19)11-13/h7-8,11-12H,6,9-10H2,1-5H3,(H2,20,21,22). The Morgan fingerprint density at radius 1 is 1.24 bits per heavy atom. The predicted molar refractivity (Wildman–Crippen MR) is 97.4 cm³/mol. The van der Waals surface area contributed by atoms with E-state index in [1.54, 1.807) is 27.7 Å². The molecule has 142 valence electrons. The van der Waals surface area contributed by atoms with Gasteiger partial charge in [0, 0.05) is 6.54 Å². The zero-order chi connectivity index (χ0) is 19.3. The van der Waals surface area contributed by atoms with Crippen LogP contribution in [0.1, 0.15) is 46.2 Å². The smallest absolute Gasteiger partial charge is 0.191 e. The Morgan fingerprint density at radius 3 is 2.40 bits per heavy atom. The van der Waals surface area contributed by atoms with Crippen molar-refractivity contribution in [2.24, 2.45) is 4.99 Å². The van der Waals surface area contributed by atoms with Crippen molar-refractivity contribution in [1.29, 1.82) is 0 Å². The Kier molecular flexibility index (Phi) is 7.34. The molecule has 0 aliphatic rings. The Bertz CT molecular complexity index is 713. The molecule has 0 amide bonds. The number of rotatable bonds is 6. The predicted octanol–water partition coefficient (Wildman–Crippen LogP) is 2.79. The summed E-state index contributed by atoms with van der Waals surface area (Å²) in [4.78, 5) is 4.27. The van der Waals surface area contributed by atoms with Crippen molar-refractivity contribution < 1.29 is 17.2 Å². The summed E-state index contributed by atoms with van der Waals surface area (Å²) in [5.74, 6) is -1.45. The first-order valence-corrected chi connectivity index (χ1v) is 9.85. The van der Waals surface area contributed by atoms with E-state index in [4.69, 9.17) is 0 Å². The van der Waals surface area contributed by atoms with Gasteiger partial charge in [-0.1, -0.05) is 6.07 Å². The lowest BCUT2D eigenvalue weighted by Gasteiger charge is -2.20. The third kappa shape index (κ3) is 6.26. The van der Waals surface area contributed by atoms with Crippen molar-refractivity contribution in [2.45, 2.75) is 45.4 Å². The van der Waals surface area contributed by atoms with E-state index in [0.717, 1.165) is 12.1 Å². The normalized spacial score (nSPS) is 14.3. The Labute approximate surface area is 148 Å². The summed E-state index contributed by atoms with van der Waals surface area (Å²) < 4.78 is 49.8. The number of benzene rings is 1. The number of nitrogens with one attached hydrogen (secondary N) is 2. The van der Waals surface area contributed by atoms with Crippen LogP contribution < -0.4 is 10.6 Å². The van der Waals surface area contributed by atoms with Gasteiger partial charge in [-0.25, -0.2) is 17.2 Å². The van der Waals surface area contributed by atoms with Crippen molar-refractivity contribution in [3.8, 4) is 0 Å². The van der Waals surface area contributed by atoms with Gasteiger partial charge in [0.1, 0.15) is 0 Å². The van der Waals surface area contributed by atoms with Crippen LogP contribution >= 0.6 is 0 Å². The fourth-order valence-electron chi connectivity index (χ4n) is 1.97. The summed E-state index contributed by atoms with van der Waals surface area (Å²) in [6, 6.07) is 3.36. The van der Waals surface area contributed by atoms with Crippen molar-refractivity contribution >= 4 is 15.8 Å². The van der Waals surface area contributed by atoms with Crippen LogP contribution in [0, 0.1) is 11.6 Å². The van der Waals surface area contributed by atoms with Gasteiger partial charge in [-0.05, 0) is 52.3 Å². The largest absolute Gasteiger partial charge is 0.357 e. The van der Waals surface area contributed by atoms with Gasteiger partial charge in [0.05, 0.1) is 23.1 Å². The van der Waals surface area contributed by atoms with Gasteiger partial charge in [0.2, 0.25) is 0 Å². The van der Waals surface area contributed by atoms with Crippen molar-refractivity contribution in [3.05, 3.63) is 35.4 Å². The van der Waals surface area contributed by atoms with E-state index in [2.05, 4.69) is 15.6 Å². The van der Waals surface area contributed by atoms with E-state index < -0.39 is 26.2 Å². The number of sulfone groups is 1. The van der Waals surface area contributed by atoms with E-state index in [0.29, 0.717) is 18.1 Å². The summed E-state index contributed by atoms with van der Waals surface area (Å²) >= 11 is 0. The van der Waals surface area contributed by atoms with E-state index in [1.165, 1.54) is 6.07 Å². The maximum Gasteiger partial charge on any atom is 0.191 e. The van der Waals surface area contributed by atoms with Crippen LogP contribution in [0.15, 0.2) is 23.2 Å². The van der Waals surface area contributed by atoms with Gasteiger partial charge in [0.15, 0.2) is 27.4 Å². The highest BCUT2D eigenvalue weighted by molar-refractivity contribution is 7.92. The van der Waals surface area contributed by atoms with Crippen LogP contribution in [0.25, 0.3) is 0 Å². The minimum atomic E-state index is -3.25. The number of aliphatic imine (C=N–C) groups is 1. The molecule has 1 aromatic rings. The molecule has 0 aliphatic carbocycles. The van der Waals surface area contributed by atoms with Gasteiger partial charge in [-0.15, -0.1) is 0 Å². The molecule has 25 heavy (non-hydrogen) atoms. The minimum absolute atomic E-state index is 0.0629. The second-order valence-electron chi connectivity index (χ2n) is 6.73. The van der Waals surface area contributed by atoms with Gasteiger partial charge in [0.25, 0.3) is 0 Å². The van der Waals surface area contributed by atoms with E-state index in [9.17, 15) is 17.2 Å². The van der Waals surface area contributed by atoms with Crippen molar-refractivity contribution in [1.82, 2.24) is 10.6 Å². The zero-order valence-corrected chi connectivity index (χ0v) is 16.2. The molecule has 0 spiro atoms. The highest BCUT2D eigenvalue weighted by Gasteiger charge is 2.28. The number of nitrogens with zero attached hydrogens (tertiary/aromatic N) is 1. The Morgan fingerprint density at radius 2 is 1.88 bits per heavy atom. The molecule has 1 atom stereocenters. The maximum atomic E-state index is 13.4. The molecule has 1 unspecified atom stereocenters. The van der Waals surface area contributed by atoms with Crippen LogP contribution in [0.5, 0.6) is 0 Å². The molecule has 0 bridgehead atoms. The third-order valence-electron chi connectivity index (χ3n) is 3.70. The first kappa shape index (κ1) is 21.3. The maximum absolute atomic E-state index is 13.4. The quantitative estimate of drug-likeness (QED) is 0.592. The van der Waals surface area contributed by atoms with E-state index >= 15 is 0 Å².